The Labute approximate surface area is 97.0 Å². The highest BCUT2D eigenvalue weighted by molar-refractivity contribution is 8.01. The van der Waals surface area contributed by atoms with E-state index in [1.807, 2.05) is 0 Å². The van der Waals surface area contributed by atoms with Gasteiger partial charge in [0.1, 0.15) is 11.1 Å². The molecule has 1 aromatic heterocycles. The van der Waals surface area contributed by atoms with Crippen LogP contribution in [0.5, 0.6) is 0 Å². The Balaban J connectivity index is 2.20. The van der Waals surface area contributed by atoms with Gasteiger partial charge in [0.2, 0.25) is 0 Å². The highest BCUT2D eigenvalue weighted by Gasteiger charge is 2.42. The van der Waals surface area contributed by atoms with E-state index in [1.54, 1.807) is 17.9 Å². The van der Waals surface area contributed by atoms with Crippen molar-refractivity contribution in [2.75, 3.05) is 13.2 Å². The highest BCUT2D eigenvalue weighted by Crippen LogP contribution is 2.39. The number of hydrogen-bond acceptors (Lipinski definition) is 5. The largest absolute Gasteiger partial charge is 0.480 e. The van der Waals surface area contributed by atoms with E-state index in [4.69, 9.17) is 4.74 Å². The van der Waals surface area contributed by atoms with Crippen LogP contribution in [0.25, 0.3) is 0 Å². The third kappa shape index (κ3) is 2.05. The number of aliphatic carboxylic acids is 1. The van der Waals surface area contributed by atoms with Crippen molar-refractivity contribution in [2.45, 2.75) is 22.7 Å². The third-order valence-electron chi connectivity index (χ3n) is 2.65. The van der Waals surface area contributed by atoms with Crippen LogP contribution in [-0.2, 0) is 16.6 Å². The quantitative estimate of drug-likeness (QED) is 0.835. The minimum atomic E-state index is -0.820. The Morgan fingerprint density at radius 3 is 2.81 bits per heavy atom. The van der Waals surface area contributed by atoms with Gasteiger partial charge in [0.05, 0.1) is 0 Å². The molecule has 0 atom stereocenters. The van der Waals surface area contributed by atoms with E-state index in [9.17, 15) is 9.90 Å². The van der Waals surface area contributed by atoms with E-state index in [1.165, 1.54) is 11.8 Å². The summed E-state index contributed by atoms with van der Waals surface area (Å²) in [6.07, 6.45) is 2.57. The first-order valence-electron chi connectivity index (χ1n) is 4.98. The summed E-state index contributed by atoms with van der Waals surface area (Å²) in [6.45, 7) is 0.967. The van der Waals surface area contributed by atoms with E-state index in [-0.39, 0.29) is 0 Å². The van der Waals surface area contributed by atoms with Crippen molar-refractivity contribution in [1.29, 1.82) is 0 Å². The van der Waals surface area contributed by atoms with Crippen LogP contribution in [0.15, 0.2) is 11.5 Å². The van der Waals surface area contributed by atoms with Crippen molar-refractivity contribution >= 4 is 17.7 Å². The fourth-order valence-corrected chi connectivity index (χ4v) is 2.69. The molecule has 1 aliphatic heterocycles. The Kier molecular flexibility index (Phi) is 3.15. The van der Waals surface area contributed by atoms with Crippen LogP contribution in [0.3, 0.4) is 0 Å². The number of aryl methyl sites for hydroxylation is 1. The van der Waals surface area contributed by atoms with Crippen molar-refractivity contribution in [2.24, 2.45) is 7.05 Å². The average Bonchev–Trinajstić information content (AvgIpc) is 2.65. The van der Waals surface area contributed by atoms with Gasteiger partial charge >= 0.3 is 5.97 Å². The number of carboxylic acid groups (broad SMARTS) is 1. The number of nitrogens with zero attached hydrogens (tertiary/aromatic N) is 3. The van der Waals surface area contributed by atoms with Gasteiger partial charge in [0.25, 0.3) is 0 Å². The van der Waals surface area contributed by atoms with Gasteiger partial charge in [0, 0.05) is 20.3 Å². The molecule has 1 saturated heterocycles. The molecule has 1 aliphatic rings. The topological polar surface area (TPSA) is 77.2 Å². The van der Waals surface area contributed by atoms with E-state index in [2.05, 4.69) is 10.2 Å². The Morgan fingerprint density at radius 2 is 2.31 bits per heavy atom. The third-order valence-corrected chi connectivity index (χ3v) is 4.17. The van der Waals surface area contributed by atoms with Crippen LogP contribution < -0.4 is 0 Å². The summed E-state index contributed by atoms with van der Waals surface area (Å²) >= 11 is 1.26. The van der Waals surface area contributed by atoms with E-state index >= 15 is 0 Å². The number of thioether (sulfide) groups is 1. The first kappa shape index (κ1) is 11.4. The van der Waals surface area contributed by atoms with Crippen molar-refractivity contribution in [3.05, 3.63) is 6.33 Å². The standard InChI is InChI=1S/C9H13N3O3S/c1-12-6-10-11-8(12)16-9(7(13)14)2-4-15-5-3-9/h6H,2-5H2,1H3,(H,13,14). The zero-order valence-electron chi connectivity index (χ0n) is 8.92. The van der Waals surface area contributed by atoms with Crippen LogP contribution >= 0.6 is 11.8 Å². The van der Waals surface area contributed by atoms with Gasteiger partial charge in [-0.3, -0.25) is 4.79 Å². The lowest BCUT2D eigenvalue weighted by molar-refractivity contribution is -0.142. The lowest BCUT2D eigenvalue weighted by atomic mass is 9.99. The van der Waals surface area contributed by atoms with Gasteiger partial charge in [-0.25, -0.2) is 0 Å². The van der Waals surface area contributed by atoms with Gasteiger partial charge in [-0.15, -0.1) is 10.2 Å². The summed E-state index contributed by atoms with van der Waals surface area (Å²) in [5.74, 6) is -0.802. The summed E-state index contributed by atoms with van der Waals surface area (Å²) in [6, 6.07) is 0. The smallest absolute Gasteiger partial charge is 0.320 e. The molecule has 2 rings (SSSR count). The molecule has 1 aromatic rings. The fraction of sp³-hybridized carbons (Fsp3) is 0.667. The molecule has 0 bridgehead atoms. The molecular formula is C9H13N3O3S. The molecule has 0 spiro atoms. The molecule has 1 fully saturated rings. The summed E-state index contributed by atoms with van der Waals surface area (Å²) in [5.41, 5.74) is 0. The lowest BCUT2D eigenvalue weighted by Crippen LogP contribution is -2.41. The lowest BCUT2D eigenvalue weighted by Gasteiger charge is -2.31. The molecular weight excluding hydrogens is 230 g/mol. The number of carbonyl (C=O) groups is 1. The minimum Gasteiger partial charge on any atom is -0.480 e. The van der Waals surface area contributed by atoms with E-state index in [0.717, 1.165) is 0 Å². The number of hydrogen-bond donors (Lipinski definition) is 1. The zero-order valence-corrected chi connectivity index (χ0v) is 9.74. The van der Waals surface area contributed by atoms with Gasteiger partial charge in [0.15, 0.2) is 5.16 Å². The van der Waals surface area contributed by atoms with Gasteiger partial charge in [-0.2, -0.15) is 0 Å². The normalized spacial score (nSPS) is 19.6. The first-order valence-corrected chi connectivity index (χ1v) is 5.80. The maximum absolute atomic E-state index is 11.4. The molecule has 0 radical (unpaired) electrons. The molecule has 0 amide bonds. The fourth-order valence-electron chi connectivity index (χ4n) is 1.60. The van der Waals surface area contributed by atoms with Crippen molar-refractivity contribution in [3.63, 3.8) is 0 Å². The van der Waals surface area contributed by atoms with Crippen molar-refractivity contribution < 1.29 is 14.6 Å². The molecule has 16 heavy (non-hydrogen) atoms. The summed E-state index contributed by atoms with van der Waals surface area (Å²) in [7, 11) is 1.80. The monoisotopic (exact) mass is 243 g/mol. The van der Waals surface area contributed by atoms with E-state index < -0.39 is 10.7 Å². The number of carboxylic acids is 1. The molecule has 88 valence electrons. The van der Waals surface area contributed by atoms with E-state index in [0.29, 0.717) is 31.2 Å². The van der Waals surface area contributed by atoms with Crippen LogP contribution in [-0.4, -0.2) is 43.8 Å². The number of rotatable bonds is 3. The zero-order chi connectivity index (χ0) is 11.6. The second-order valence-corrected chi connectivity index (χ2v) is 5.09. The molecule has 0 saturated carbocycles. The maximum atomic E-state index is 11.4. The molecule has 0 aromatic carbocycles. The Hall–Kier alpha value is -1.08. The Morgan fingerprint density at radius 1 is 1.62 bits per heavy atom. The van der Waals surface area contributed by atoms with Gasteiger partial charge < -0.3 is 14.4 Å². The van der Waals surface area contributed by atoms with Crippen LogP contribution in [0.4, 0.5) is 0 Å². The minimum absolute atomic E-state index is 0.483. The van der Waals surface area contributed by atoms with Crippen LogP contribution in [0, 0.1) is 0 Å². The summed E-state index contributed by atoms with van der Waals surface area (Å²) < 4.78 is 6.11. The first-order chi connectivity index (χ1) is 7.64. The van der Waals surface area contributed by atoms with Crippen LogP contribution in [0.1, 0.15) is 12.8 Å². The SMILES string of the molecule is Cn1cnnc1SC1(C(=O)O)CCOCC1. The average molecular weight is 243 g/mol. The maximum Gasteiger partial charge on any atom is 0.320 e. The van der Waals surface area contributed by atoms with Crippen molar-refractivity contribution in [3.8, 4) is 0 Å². The predicted molar refractivity (Wildman–Crippen MR) is 57.3 cm³/mol. The second-order valence-electron chi connectivity index (χ2n) is 3.74. The summed E-state index contributed by atoms with van der Waals surface area (Å²) in [4.78, 5) is 11.4. The van der Waals surface area contributed by atoms with Gasteiger partial charge in [-0.1, -0.05) is 11.8 Å². The molecule has 7 heteroatoms. The molecule has 1 N–H and O–H groups in total. The molecule has 0 aliphatic carbocycles. The molecule has 2 heterocycles. The second kappa shape index (κ2) is 4.42. The Bertz CT molecular complexity index is 387. The van der Waals surface area contributed by atoms with Crippen molar-refractivity contribution in [1.82, 2.24) is 14.8 Å². The van der Waals surface area contributed by atoms with Gasteiger partial charge in [-0.05, 0) is 12.8 Å². The predicted octanol–water partition coefficient (Wildman–Crippen LogP) is 0.541. The highest BCUT2D eigenvalue weighted by atomic mass is 32.2. The molecule has 6 nitrogen and oxygen atoms in total. The number of aromatic nitrogens is 3. The van der Waals surface area contributed by atoms with Crippen LogP contribution in [0.2, 0.25) is 0 Å². The summed E-state index contributed by atoms with van der Waals surface area (Å²) in [5, 5.41) is 17.6. The number of ether oxygens (including phenoxy) is 1. The molecule has 0 unspecified atom stereocenters.